The van der Waals surface area contributed by atoms with Crippen molar-refractivity contribution in [3.05, 3.63) is 11.1 Å². The number of carbonyl (C=O) groups is 4. The summed E-state index contributed by atoms with van der Waals surface area (Å²) in [7, 11) is 0. The molecule has 32 heavy (non-hydrogen) atoms. The highest BCUT2D eigenvalue weighted by Gasteiger charge is 2.30. The van der Waals surface area contributed by atoms with Crippen molar-refractivity contribution < 1.29 is 24.3 Å². The number of carbonyl (C=O) groups excluding carboxylic acids is 3. The predicted molar refractivity (Wildman–Crippen MR) is 116 cm³/mol. The summed E-state index contributed by atoms with van der Waals surface area (Å²) in [5.74, 6) is -1.88. The summed E-state index contributed by atoms with van der Waals surface area (Å²) in [5, 5.41) is 21.2. The molecule has 2 saturated heterocycles. The Kier molecular flexibility index (Phi) is 8.91. The Morgan fingerprint density at radius 2 is 2.00 bits per heavy atom. The van der Waals surface area contributed by atoms with E-state index in [-0.39, 0.29) is 16.7 Å². The van der Waals surface area contributed by atoms with E-state index in [9.17, 15) is 19.2 Å². The lowest BCUT2D eigenvalue weighted by molar-refractivity contribution is -0.138. The molecule has 4 N–H and O–H groups in total. The highest BCUT2D eigenvalue weighted by Crippen LogP contribution is 2.21. The van der Waals surface area contributed by atoms with Gasteiger partial charge in [0.05, 0.1) is 18.5 Å². The number of piperidine rings is 2. The molecule has 3 rings (SSSR count). The van der Waals surface area contributed by atoms with Crippen molar-refractivity contribution in [1.82, 2.24) is 30.4 Å². The lowest BCUT2D eigenvalue weighted by Gasteiger charge is -2.33. The molecule has 0 bridgehead atoms. The fourth-order valence-electron chi connectivity index (χ4n) is 4.17. The molecule has 0 spiro atoms. The molecule has 0 radical (unpaired) electrons. The van der Waals surface area contributed by atoms with Crippen molar-refractivity contribution in [3.63, 3.8) is 0 Å². The van der Waals surface area contributed by atoms with E-state index in [1.807, 2.05) is 0 Å². The van der Waals surface area contributed by atoms with Crippen LogP contribution in [0.3, 0.4) is 0 Å². The molecule has 0 saturated carbocycles. The van der Waals surface area contributed by atoms with Crippen molar-refractivity contribution in [2.45, 2.75) is 51.1 Å². The van der Waals surface area contributed by atoms with Gasteiger partial charge in [-0.05, 0) is 62.6 Å². The van der Waals surface area contributed by atoms with Crippen LogP contribution in [0.5, 0.6) is 0 Å². The van der Waals surface area contributed by atoms with Gasteiger partial charge in [0, 0.05) is 19.5 Å². The van der Waals surface area contributed by atoms with Crippen LogP contribution in [-0.4, -0.2) is 75.6 Å². The van der Waals surface area contributed by atoms with Gasteiger partial charge in [0.15, 0.2) is 0 Å². The maximum Gasteiger partial charge on any atom is 0.307 e. The van der Waals surface area contributed by atoms with E-state index in [0.29, 0.717) is 38.3 Å². The maximum absolute atomic E-state index is 12.8. The first-order valence-electron chi connectivity index (χ1n) is 11.0. The van der Waals surface area contributed by atoms with E-state index in [1.165, 1.54) is 6.20 Å². The van der Waals surface area contributed by atoms with Crippen LogP contribution in [0.15, 0.2) is 6.20 Å². The van der Waals surface area contributed by atoms with E-state index in [0.717, 1.165) is 43.9 Å². The van der Waals surface area contributed by atoms with E-state index >= 15 is 0 Å². The zero-order chi connectivity index (χ0) is 22.9. The van der Waals surface area contributed by atoms with Crippen LogP contribution in [0.2, 0.25) is 0 Å². The molecular weight excluding hydrogens is 436 g/mol. The second-order valence-corrected chi connectivity index (χ2v) is 9.11. The van der Waals surface area contributed by atoms with Gasteiger partial charge in [-0.15, -0.1) is 5.10 Å². The SMILES string of the molecule is O=C(O)C[C@@H](NC(=O)c1cnns1)NC(=O)[C@@H]1CCCN(C(=O)CCC2CCNCC2)C1. The van der Waals surface area contributed by atoms with Crippen LogP contribution < -0.4 is 16.0 Å². The molecule has 0 aliphatic carbocycles. The predicted octanol–water partition coefficient (Wildman–Crippen LogP) is 0.203. The number of aromatic nitrogens is 2. The number of hydrogen-bond acceptors (Lipinski definition) is 8. The maximum atomic E-state index is 12.8. The molecule has 3 amide bonds. The minimum atomic E-state index is -1.16. The first kappa shape index (κ1) is 24.1. The minimum absolute atomic E-state index is 0.0640. The Bertz CT molecular complexity index is 798. The van der Waals surface area contributed by atoms with Gasteiger partial charge >= 0.3 is 5.97 Å². The average Bonchev–Trinajstić information content (AvgIpc) is 3.33. The Morgan fingerprint density at radius 3 is 2.69 bits per heavy atom. The number of likely N-dealkylation sites (tertiary alicyclic amines) is 1. The van der Waals surface area contributed by atoms with Gasteiger partial charge in [0.2, 0.25) is 11.8 Å². The number of rotatable bonds is 9. The smallest absolute Gasteiger partial charge is 0.307 e. The Balaban J connectivity index is 1.50. The van der Waals surface area contributed by atoms with Gasteiger partial charge in [0.1, 0.15) is 11.0 Å². The van der Waals surface area contributed by atoms with Gasteiger partial charge in [-0.1, -0.05) is 4.49 Å². The topological polar surface area (TPSA) is 154 Å². The molecule has 2 atom stereocenters. The number of hydrogen-bond donors (Lipinski definition) is 4. The van der Waals surface area contributed by atoms with Crippen LogP contribution in [0.4, 0.5) is 0 Å². The van der Waals surface area contributed by atoms with Gasteiger partial charge in [-0.2, -0.15) is 0 Å². The summed E-state index contributed by atoms with van der Waals surface area (Å²) < 4.78 is 3.60. The van der Waals surface area contributed by atoms with Crippen molar-refractivity contribution in [2.75, 3.05) is 26.2 Å². The third-order valence-electron chi connectivity index (χ3n) is 5.96. The summed E-state index contributed by atoms with van der Waals surface area (Å²) >= 11 is 0.876. The van der Waals surface area contributed by atoms with Gasteiger partial charge in [-0.3, -0.25) is 19.2 Å². The third-order valence-corrected chi connectivity index (χ3v) is 6.62. The summed E-state index contributed by atoms with van der Waals surface area (Å²) in [6.07, 6.45) is 4.59. The van der Waals surface area contributed by atoms with Crippen LogP contribution in [-0.2, 0) is 14.4 Å². The molecule has 11 nitrogen and oxygen atoms in total. The van der Waals surface area contributed by atoms with Crippen molar-refractivity contribution >= 4 is 35.2 Å². The van der Waals surface area contributed by atoms with Crippen LogP contribution in [0, 0.1) is 11.8 Å². The lowest BCUT2D eigenvalue weighted by atomic mass is 9.92. The molecule has 2 fully saturated rings. The van der Waals surface area contributed by atoms with E-state index in [4.69, 9.17) is 5.11 Å². The average molecular weight is 467 g/mol. The summed E-state index contributed by atoms with van der Waals surface area (Å²) in [6, 6.07) is 0. The number of carboxylic acid groups (broad SMARTS) is 1. The van der Waals surface area contributed by atoms with Crippen molar-refractivity contribution in [2.24, 2.45) is 11.8 Å². The second-order valence-electron chi connectivity index (χ2n) is 8.33. The fourth-order valence-corrected chi connectivity index (χ4v) is 4.59. The molecule has 12 heteroatoms. The third kappa shape index (κ3) is 7.23. The monoisotopic (exact) mass is 466 g/mol. The lowest BCUT2D eigenvalue weighted by Crippen LogP contribution is -2.53. The first-order valence-corrected chi connectivity index (χ1v) is 11.8. The zero-order valence-electron chi connectivity index (χ0n) is 17.9. The summed E-state index contributed by atoms with van der Waals surface area (Å²) in [6.45, 7) is 2.93. The molecule has 2 aliphatic heterocycles. The molecule has 3 heterocycles. The first-order chi connectivity index (χ1) is 15.4. The largest absolute Gasteiger partial charge is 0.481 e. The molecule has 1 aromatic rings. The normalized spacial score (nSPS) is 20.4. The van der Waals surface area contributed by atoms with Gasteiger partial charge < -0.3 is 26.0 Å². The highest BCUT2D eigenvalue weighted by molar-refractivity contribution is 7.07. The number of aliphatic carboxylic acids is 1. The Labute approximate surface area is 190 Å². The van der Waals surface area contributed by atoms with Crippen LogP contribution in [0.1, 0.15) is 54.6 Å². The highest BCUT2D eigenvalue weighted by atomic mass is 32.1. The standard InChI is InChI=1S/C20H30N6O5S/c27-17(4-3-13-5-7-21-8-6-13)26-9-1-2-14(12-26)19(30)23-16(10-18(28)29)24-20(31)15-11-22-25-32-15/h11,13-14,16,21H,1-10,12H2,(H,23,30)(H,24,31)(H,28,29)/t14-,16-/m1/s1. The number of nitrogens with one attached hydrogen (secondary N) is 3. The van der Waals surface area contributed by atoms with E-state index < -0.39 is 30.4 Å². The molecular formula is C20H30N6O5S. The zero-order valence-corrected chi connectivity index (χ0v) is 18.7. The number of carboxylic acids is 1. The number of nitrogens with zero attached hydrogens (tertiary/aromatic N) is 3. The molecule has 0 unspecified atom stereocenters. The van der Waals surface area contributed by atoms with Gasteiger partial charge in [0.25, 0.3) is 5.91 Å². The molecule has 1 aromatic heterocycles. The Morgan fingerprint density at radius 1 is 1.22 bits per heavy atom. The quantitative estimate of drug-likeness (QED) is 0.377. The van der Waals surface area contributed by atoms with Crippen molar-refractivity contribution in [1.29, 1.82) is 0 Å². The Hall–Kier alpha value is -2.60. The van der Waals surface area contributed by atoms with Gasteiger partial charge in [-0.25, -0.2) is 0 Å². The van der Waals surface area contributed by atoms with E-state index in [1.54, 1.807) is 4.90 Å². The molecule has 0 aromatic carbocycles. The number of amides is 3. The summed E-state index contributed by atoms with van der Waals surface area (Å²) in [4.78, 5) is 50.9. The van der Waals surface area contributed by atoms with Crippen LogP contribution in [0.25, 0.3) is 0 Å². The second kappa shape index (κ2) is 11.9. The van der Waals surface area contributed by atoms with Crippen molar-refractivity contribution in [3.8, 4) is 0 Å². The van der Waals surface area contributed by atoms with E-state index in [2.05, 4.69) is 25.5 Å². The van der Waals surface area contributed by atoms with Crippen LogP contribution >= 0.6 is 11.5 Å². The molecule has 2 aliphatic rings. The molecule has 176 valence electrons. The fraction of sp³-hybridized carbons (Fsp3) is 0.700. The minimum Gasteiger partial charge on any atom is -0.481 e. The summed E-state index contributed by atoms with van der Waals surface area (Å²) in [5.41, 5.74) is 0.